The molecule has 1 amide bonds. The van der Waals surface area contributed by atoms with Crippen LogP contribution in [0.15, 0.2) is 18.2 Å². The summed E-state index contributed by atoms with van der Waals surface area (Å²) < 4.78 is 41.9. The maximum Gasteiger partial charge on any atom is 0.573 e. The number of hydrogen-bond acceptors (Lipinski definition) is 3. The number of aromatic nitrogens is 2. The van der Waals surface area contributed by atoms with Crippen molar-refractivity contribution in [2.45, 2.75) is 12.9 Å². The van der Waals surface area contributed by atoms with Crippen molar-refractivity contribution in [2.24, 2.45) is 0 Å². The predicted molar refractivity (Wildman–Crippen MR) is 70.1 cm³/mol. The van der Waals surface area contributed by atoms with E-state index in [0.717, 1.165) is 12.1 Å². The summed E-state index contributed by atoms with van der Waals surface area (Å²) in [6.07, 6.45) is -4.79. The smallest absolute Gasteiger partial charge is 0.406 e. The van der Waals surface area contributed by atoms with Crippen molar-refractivity contribution >= 4 is 28.5 Å². The van der Waals surface area contributed by atoms with Gasteiger partial charge in [0.1, 0.15) is 12.3 Å². The molecule has 0 aliphatic carbocycles. The number of amides is 1. The molecule has 5 nitrogen and oxygen atoms in total. The average molecular weight is 322 g/mol. The summed E-state index contributed by atoms with van der Waals surface area (Å²) in [7, 11) is 3.13. The number of nitrogens with zero attached hydrogens (tertiary/aromatic N) is 3. The van der Waals surface area contributed by atoms with Gasteiger partial charge in [0.2, 0.25) is 11.2 Å². The van der Waals surface area contributed by atoms with Crippen molar-refractivity contribution in [3.8, 4) is 5.75 Å². The minimum atomic E-state index is -4.79. The van der Waals surface area contributed by atoms with Gasteiger partial charge in [0, 0.05) is 20.2 Å². The molecule has 1 aromatic carbocycles. The third kappa shape index (κ3) is 3.57. The number of imidazole rings is 1. The highest BCUT2D eigenvalue weighted by molar-refractivity contribution is 6.29. The van der Waals surface area contributed by atoms with Crippen LogP contribution in [0.3, 0.4) is 0 Å². The first-order valence-electron chi connectivity index (χ1n) is 5.79. The molecule has 114 valence electrons. The van der Waals surface area contributed by atoms with Crippen molar-refractivity contribution in [1.82, 2.24) is 14.5 Å². The minimum Gasteiger partial charge on any atom is -0.406 e. The number of halogens is 4. The molecule has 9 heteroatoms. The molecule has 0 N–H and O–H groups in total. The Balaban J connectivity index is 2.42. The van der Waals surface area contributed by atoms with Gasteiger partial charge in [0.25, 0.3) is 0 Å². The van der Waals surface area contributed by atoms with Gasteiger partial charge in [0.05, 0.1) is 11.0 Å². The molecule has 2 aromatic rings. The number of carbonyl (C=O) groups excluding carboxylic acids is 1. The largest absolute Gasteiger partial charge is 0.573 e. The zero-order chi connectivity index (χ0) is 15.8. The van der Waals surface area contributed by atoms with Crippen LogP contribution in [0.1, 0.15) is 0 Å². The van der Waals surface area contributed by atoms with Crippen LogP contribution >= 0.6 is 11.6 Å². The van der Waals surface area contributed by atoms with E-state index >= 15 is 0 Å². The second-order valence-corrected chi connectivity index (χ2v) is 4.79. The molecule has 0 radical (unpaired) electrons. The van der Waals surface area contributed by atoms with Crippen LogP contribution in [-0.2, 0) is 11.3 Å². The predicted octanol–water partition coefficient (Wildman–Crippen LogP) is 2.68. The van der Waals surface area contributed by atoms with Gasteiger partial charge in [-0.2, -0.15) is 0 Å². The van der Waals surface area contributed by atoms with Crippen LogP contribution in [0.4, 0.5) is 13.2 Å². The Morgan fingerprint density at radius 3 is 2.67 bits per heavy atom. The summed E-state index contributed by atoms with van der Waals surface area (Å²) >= 11 is 5.92. The Morgan fingerprint density at radius 2 is 2.10 bits per heavy atom. The number of likely N-dealkylation sites (N-methyl/N-ethyl adjacent to an activating group) is 1. The molecule has 21 heavy (non-hydrogen) atoms. The monoisotopic (exact) mass is 321 g/mol. The van der Waals surface area contributed by atoms with E-state index in [1.165, 1.54) is 15.5 Å². The second-order valence-electron chi connectivity index (χ2n) is 4.45. The van der Waals surface area contributed by atoms with Crippen LogP contribution < -0.4 is 4.74 Å². The first-order chi connectivity index (χ1) is 9.67. The van der Waals surface area contributed by atoms with E-state index in [0.29, 0.717) is 5.52 Å². The number of carbonyl (C=O) groups is 1. The standard InChI is InChI=1S/C12H11ClF3N3O2/c1-18(2)10(20)6-19-9-5-7(21-12(14,15)16)3-4-8(9)17-11(19)13/h3-5H,6H2,1-2H3. The SMILES string of the molecule is CN(C)C(=O)Cn1c(Cl)nc2ccc(OC(F)(F)F)cc21. The Labute approximate surface area is 122 Å². The first-order valence-corrected chi connectivity index (χ1v) is 6.17. The first kappa shape index (κ1) is 15.4. The highest BCUT2D eigenvalue weighted by Crippen LogP contribution is 2.28. The van der Waals surface area contributed by atoms with Gasteiger partial charge in [-0.05, 0) is 23.7 Å². The zero-order valence-corrected chi connectivity index (χ0v) is 11.9. The average Bonchev–Trinajstić information content (AvgIpc) is 2.64. The van der Waals surface area contributed by atoms with Gasteiger partial charge < -0.3 is 14.2 Å². The van der Waals surface area contributed by atoms with Crippen LogP contribution in [0, 0.1) is 0 Å². The van der Waals surface area contributed by atoms with E-state index < -0.39 is 12.1 Å². The highest BCUT2D eigenvalue weighted by Gasteiger charge is 2.31. The van der Waals surface area contributed by atoms with Crippen molar-refractivity contribution in [2.75, 3.05) is 14.1 Å². The van der Waals surface area contributed by atoms with Crippen LogP contribution in [-0.4, -0.2) is 40.8 Å². The maximum atomic E-state index is 12.2. The third-order valence-electron chi connectivity index (χ3n) is 2.70. The van der Waals surface area contributed by atoms with Gasteiger partial charge in [-0.15, -0.1) is 13.2 Å². The number of benzene rings is 1. The van der Waals surface area contributed by atoms with Gasteiger partial charge in [0.15, 0.2) is 0 Å². The van der Waals surface area contributed by atoms with E-state index in [1.54, 1.807) is 14.1 Å². The maximum absolute atomic E-state index is 12.2. The quantitative estimate of drug-likeness (QED) is 0.873. The van der Waals surface area contributed by atoms with Crippen molar-refractivity contribution in [1.29, 1.82) is 0 Å². The summed E-state index contributed by atoms with van der Waals surface area (Å²) in [5.41, 5.74) is 0.665. The zero-order valence-electron chi connectivity index (χ0n) is 11.1. The molecule has 0 bridgehead atoms. The van der Waals surface area contributed by atoms with E-state index in [4.69, 9.17) is 11.6 Å². The van der Waals surface area contributed by atoms with Crippen molar-refractivity contribution in [3.05, 3.63) is 23.5 Å². The molecule has 0 spiro atoms. The lowest BCUT2D eigenvalue weighted by Gasteiger charge is -2.12. The van der Waals surface area contributed by atoms with E-state index in [2.05, 4.69) is 9.72 Å². The number of ether oxygens (including phenoxy) is 1. The van der Waals surface area contributed by atoms with E-state index in [1.807, 2.05) is 0 Å². The lowest BCUT2D eigenvalue weighted by atomic mass is 10.3. The molecule has 0 aliphatic heterocycles. The van der Waals surface area contributed by atoms with Crippen LogP contribution in [0.2, 0.25) is 5.28 Å². The summed E-state index contributed by atoms with van der Waals surface area (Å²) in [6, 6.07) is 3.63. The van der Waals surface area contributed by atoms with Gasteiger partial charge >= 0.3 is 6.36 Å². The minimum absolute atomic E-state index is 0.0179. The topological polar surface area (TPSA) is 47.4 Å². The summed E-state index contributed by atoms with van der Waals surface area (Å²) in [5, 5.41) is 0.0179. The van der Waals surface area contributed by atoms with Gasteiger partial charge in [-0.1, -0.05) is 0 Å². The molecule has 1 aromatic heterocycles. The molecule has 0 atom stereocenters. The Morgan fingerprint density at radius 1 is 1.43 bits per heavy atom. The lowest BCUT2D eigenvalue weighted by molar-refractivity contribution is -0.274. The Bertz CT molecular complexity index is 682. The summed E-state index contributed by atoms with van der Waals surface area (Å²) in [4.78, 5) is 17.1. The lowest BCUT2D eigenvalue weighted by Crippen LogP contribution is -2.26. The number of hydrogen-bond donors (Lipinski definition) is 0. The number of alkyl halides is 3. The normalized spacial score (nSPS) is 11.7. The Hall–Kier alpha value is -1.96. The molecule has 0 aliphatic rings. The molecular weight excluding hydrogens is 311 g/mol. The second kappa shape index (κ2) is 5.44. The van der Waals surface area contributed by atoms with Crippen LogP contribution in [0.25, 0.3) is 11.0 Å². The van der Waals surface area contributed by atoms with Gasteiger partial charge in [-0.3, -0.25) is 4.79 Å². The molecular formula is C12H11ClF3N3O2. The number of rotatable bonds is 3. The van der Waals surface area contributed by atoms with Crippen molar-refractivity contribution < 1.29 is 22.7 Å². The molecule has 0 saturated carbocycles. The van der Waals surface area contributed by atoms with Crippen molar-refractivity contribution in [3.63, 3.8) is 0 Å². The summed E-state index contributed by atoms with van der Waals surface area (Å²) in [5.74, 6) is -0.663. The Kier molecular flexibility index (Phi) is 3.99. The molecule has 2 rings (SSSR count). The van der Waals surface area contributed by atoms with Crippen LogP contribution in [0.5, 0.6) is 5.75 Å². The highest BCUT2D eigenvalue weighted by atomic mass is 35.5. The fraction of sp³-hybridized carbons (Fsp3) is 0.333. The molecule has 0 saturated heterocycles. The number of fused-ring (bicyclic) bond motifs is 1. The molecule has 1 heterocycles. The van der Waals surface area contributed by atoms with Gasteiger partial charge in [-0.25, -0.2) is 4.98 Å². The fourth-order valence-corrected chi connectivity index (χ4v) is 1.94. The van der Waals surface area contributed by atoms with E-state index in [-0.39, 0.29) is 23.3 Å². The molecule has 0 unspecified atom stereocenters. The molecule has 0 fully saturated rings. The summed E-state index contributed by atoms with van der Waals surface area (Å²) in [6.45, 7) is -0.127. The third-order valence-corrected chi connectivity index (χ3v) is 2.99. The van der Waals surface area contributed by atoms with E-state index in [9.17, 15) is 18.0 Å². The fourth-order valence-electron chi connectivity index (χ4n) is 1.70.